The van der Waals surface area contributed by atoms with E-state index in [4.69, 9.17) is 4.74 Å². The molecule has 20 heavy (non-hydrogen) atoms. The molecule has 1 saturated carbocycles. The summed E-state index contributed by atoms with van der Waals surface area (Å²) in [5.74, 6) is 0. The zero-order valence-corrected chi connectivity index (χ0v) is 13.7. The molecule has 1 N–H and O–H groups in total. The lowest BCUT2D eigenvalue weighted by atomic mass is 10.2. The standard InChI is InChI=1S/C16H23BrN2O/c1-12-11-19(7-2-8-20-12)15-6-3-13(16(17)9-15)10-18-14-4-5-14/h3,6,9,12,14,18H,2,4-5,7-8,10-11H2,1H3. The molecule has 1 aliphatic heterocycles. The monoisotopic (exact) mass is 338 g/mol. The van der Waals surface area contributed by atoms with Crippen molar-refractivity contribution in [2.24, 2.45) is 0 Å². The van der Waals surface area contributed by atoms with Crippen molar-refractivity contribution >= 4 is 21.6 Å². The third kappa shape index (κ3) is 3.74. The minimum Gasteiger partial charge on any atom is -0.377 e. The molecule has 0 spiro atoms. The molecule has 1 aromatic rings. The van der Waals surface area contributed by atoms with Crippen LogP contribution in [0.1, 0.15) is 31.7 Å². The first-order chi connectivity index (χ1) is 9.72. The van der Waals surface area contributed by atoms with E-state index in [-0.39, 0.29) is 0 Å². The average molecular weight is 339 g/mol. The molecule has 1 aliphatic carbocycles. The van der Waals surface area contributed by atoms with Crippen LogP contribution in [0, 0.1) is 0 Å². The topological polar surface area (TPSA) is 24.5 Å². The van der Waals surface area contributed by atoms with Gasteiger partial charge in [0.15, 0.2) is 0 Å². The Labute approximate surface area is 129 Å². The molecule has 110 valence electrons. The average Bonchev–Trinajstić information content (AvgIpc) is 3.25. The maximum atomic E-state index is 5.72. The van der Waals surface area contributed by atoms with Gasteiger partial charge in [-0.25, -0.2) is 0 Å². The highest BCUT2D eigenvalue weighted by Crippen LogP contribution is 2.27. The number of benzene rings is 1. The summed E-state index contributed by atoms with van der Waals surface area (Å²) in [4.78, 5) is 2.43. The summed E-state index contributed by atoms with van der Waals surface area (Å²) in [5.41, 5.74) is 2.64. The number of hydrogen-bond donors (Lipinski definition) is 1. The molecule has 0 aromatic heterocycles. The van der Waals surface area contributed by atoms with Crippen molar-refractivity contribution in [1.29, 1.82) is 0 Å². The summed E-state index contributed by atoms with van der Waals surface area (Å²) < 4.78 is 6.93. The van der Waals surface area contributed by atoms with Gasteiger partial charge < -0.3 is 15.0 Å². The Morgan fingerprint density at radius 2 is 2.25 bits per heavy atom. The van der Waals surface area contributed by atoms with Crippen molar-refractivity contribution in [3.05, 3.63) is 28.2 Å². The number of ether oxygens (including phenoxy) is 1. The van der Waals surface area contributed by atoms with Crippen LogP contribution in [0.25, 0.3) is 0 Å². The van der Waals surface area contributed by atoms with Gasteiger partial charge in [-0.3, -0.25) is 0 Å². The van der Waals surface area contributed by atoms with E-state index in [2.05, 4.69) is 51.3 Å². The van der Waals surface area contributed by atoms with Crippen LogP contribution >= 0.6 is 15.9 Å². The largest absolute Gasteiger partial charge is 0.377 e. The third-order valence-electron chi connectivity index (χ3n) is 4.01. The zero-order valence-electron chi connectivity index (χ0n) is 12.1. The number of hydrogen-bond acceptors (Lipinski definition) is 3. The Hall–Kier alpha value is -0.580. The summed E-state index contributed by atoms with van der Waals surface area (Å²) in [7, 11) is 0. The first kappa shape index (κ1) is 14.4. The summed E-state index contributed by atoms with van der Waals surface area (Å²) >= 11 is 3.72. The number of halogens is 1. The predicted molar refractivity (Wildman–Crippen MR) is 86.2 cm³/mol. The normalized spacial score (nSPS) is 23.7. The molecule has 2 aliphatic rings. The molecule has 1 atom stereocenters. The highest BCUT2D eigenvalue weighted by atomic mass is 79.9. The van der Waals surface area contributed by atoms with Gasteiger partial charge in [-0.15, -0.1) is 0 Å². The number of nitrogens with one attached hydrogen (secondary N) is 1. The molecule has 1 unspecified atom stereocenters. The Balaban J connectivity index is 1.67. The SMILES string of the molecule is CC1CN(c2ccc(CNC3CC3)c(Br)c2)CCCO1. The fourth-order valence-corrected chi connectivity index (χ4v) is 3.15. The summed E-state index contributed by atoms with van der Waals surface area (Å²) in [6, 6.07) is 7.49. The van der Waals surface area contributed by atoms with Crippen LogP contribution in [-0.2, 0) is 11.3 Å². The van der Waals surface area contributed by atoms with E-state index in [1.165, 1.54) is 28.6 Å². The number of rotatable bonds is 4. The molecular weight excluding hydrogens is 316 g/mol. The second-order valence-corrected chi connectivity index (χ2v) is 6.77. The number of anilines is 1. The van der Waals surface area contributed by atoms with Gasteiger partial charge in [0.05, 0.1) is 6.10 Å². The Bertz CT molecular complexity index is 462. The maximum Gasteiger partial charge on any atom is 0.0721 e. The molecule has 2 fully saturated rings. The van der Waals surface area contributed by atoms with Crippen molar-refractivity contribution in [2.75, 3.05) is 24.6 Å². The van der Waals surface area contributed by atoms with Gasteiger partial charge in [0, 0.05) is 42.4 Å². The van der Waals surface area contributed by atoms with E-state index in [1.54, 1.807) is 0 Å². The van der Waals surface area contributed by atoms with Gasteiger partial charge in [-0.1, -0.05) is 22.0 Å². The van der Waals surface area contributed by atoms with Crippen molar-refractivity contribution in [3.63, 3.8) is 0 Å². The van der Waals surface area contributed by atoms with Crippen molar-refractivity contribution in [1.82, 2.24) is 5.32 Å². The van der Waals surface area contributed by atoms with Gasteiger partial charge in [-0.05, 0) is 43.9 Å². The van der Waals surface area contributed by atoms with Crippen LogP contribution in [0.4, 0.5) is 5.69 Å². The van der Waals surface area contributed by atoms with Gasteiger partial charge >= 0.3 is 0 Å². The van der Waals surface area contributed by atoms with E-state index in [0.29, 0.717) is 6.10 Å². The van der Waals surface area contributed by atoms with Crippen LogP contribution < -0.4 is 10.2 Å². The summed E-state index contributed by atoms with van der Waals surface area (Å²) in [5, 5.41) is 3.57. The molecule has 4 heteroatoms. The molecule has 3 rings (SSSR count). The lowest BCUT2D eigenvalue weighted by molar-refractivity contribution is 0.0821. The fraction of sp³-hybridized carbons (Fsp3) is 0.625. The van der Waals surface area contributed by atoms with Gasteiger partial charge in [0.1, 0.15) is 0 Å². The van der Waals surface area contributed by atoms with Crippen LogP contribution in [0.2, 0.25) is 0 Å². The summed E-state index contributed by atoms with van der Waals surface area (Å²) in [6.45, 7) is 6.05. The molecule has 0 radical (unpaired) electrons. The third-order valence-corrected chi connectivity index (χ3v) is 4.75. The van der Waals surface area contributed by atoms with Crippen LogP contribution in [-0.4, -0.2) is 31.8 Å². The molecule has 0 amide bonds. The second kappa shape index (κ2) is 6.46. The lowest BCUT2D eigenvalue weighted by Crippen LogP contribution is -2.30. The van der Waals surface area contributed by atoms with Gasteiger partial charge in [0.25, 0.3) is 0 Å². The van der Waals surface area contributed by atoms with Crippen molar-refractivity contribution in [2.45, 2.75) is 44.9 Å². The van der Waals surface area contributed by atoms with E-state index < -0.39 is 0 Å². The first-order valence-corrected chi connectivity index (χ1v) is 8.40. The van der Waals surface area contributed by atoms with Crippen LogP contribution in [0.3, 0.4) is 0 Å². The van der Waals surface area contributed by atoms with Crippen molar-refractivity contribution < 1.29 is 4.74 Å². The lowest BCUT2D eigenvalue weighted by Gasteiger charge is -2.25. The van der Waals surface area contributed by atoms with E-state index in [9.17, 15) is 0 Å². The van der Waals surface area contributed by atoms with Crippen LogP contribution in [0.5, 0.6) is 0 Å². The second-order valence-electron chi connectivity index (χ2n) is 5.91. The number of nitrogens with zero attached hydrogens (tertiary/aromatic N) is 1. The highest BCUT2D eigenvalue weighted by molar-refractivity contribution is 9.10. The molecule has 1 saturated heterocycles. The van der Waals surface area contributed by atoms with E-state index in [1.807, 2.05) is 0 Å². The fourth-order valence-electron chi connectivity index (χ4n) is 2.65. The Morgan fingerprint density at radius 1 is 1.40 bits per heavy atom. The van der Waals surface area contributed by atoms with Gasteiger partial charge in [-0.2, -0.15) is 0 Å². The predicted octanol–water partition coefficient (Wildman–Crippen LogP) is 3.32. The molecular formula is C16H23BrN2O. The Kier molecular flexibility index (Phi) is 4.64. The summed E-state index contributed by atoms with van der Waals surface area (Å²) in [6.07, 6.45) is 4.09. The van der Waals surface area contributed by atoms with E-state index in [0.717, 1.165) is 38.7 Å². The van der Waals surface area contributed by atoms with Crippen LogP contribution in [0.15, 0.2) is 22.7 Å². The smallest absolute Gasteiger partial charge is 0.0721 e. The molecule has 1 aromatic carbocycles. The van der Waals surface area contributed by atoms with Crippen molar-refractivity contribution in [3.8, 4) is 0 Å². The molecule has 3 nitrogen and oxygen atoms in total. The highest BCUT2D eigenvalue weighted by Gasteiger charge is 2.21. The Morgan fingerprint density at radius 3 is 3.00 bits per heavy atom. The van der Waals surface area contributed by atoms with Gasteiger partial charge in [0.2, 0.25) is 0 Å². The quantitative estimate of drug-likeness (QED) is 0.911. The zero-order chi connectivity index (χ0) is 13.9. The first-order valence-electron chi connectivity index (χ1n) is 7.61. The maximum absolute atomic E-state index is 5.72. The molecule has 0 bridgehead atoms. The molecule has 1 heterocycles. The minimum absolute atomic E-state index is 0.312. The minimum atomic E-state index is 0.312. The van der Waals surface area contributed by atoms with E-state index >= 15 is 0 Å².